The zero-order valence-corrected chi connectivity index (χ0v) is 9.67. The summed E-state index contributed by atoms with van der Waals surface area (Å²) >= 11 is 0. The van der Waals surface area contributed by atoms with Crippen molar-refractivity contribution >= 4 is 0 Å². The van der Waals surface area contributed by atoms with Crippen LogP contribution in [0.4, 0.5) is 0 Å². The van der Waals surface area contributed by atoms with Gasteiger partial charge in [0, 0.05) is 0 Å². The molecule has 0 aromatic rings. The minimum atomic E-state index is -1.75. The smallest absolute Gasteiger partial charge is 0.412 e. The zero-order valence-electron chi connectivity index (χ0n) is 7.67. The summed E-state index contributed by atoms with van der Waals surface area (Å²) in [6.45, 7) is 0. The van der Waals surface area contributed by atoms with E-state index in [-0.39, 0.29) is 84.3 Å². The zero-order chi connectivity index (χ0) is 3.58. The Labute approximate surface area is 105 Å². The second-order valence-corrected chi connectivity index (χ2v) is 0.224. The fourth-order valence-corrected chi connectivity index (χ4v) is 0. The van der Waals surface area contributed by atoms with Crippen LogP contribution in [0.5, 0.6) is 0 Å². The molecular formula is H20NNaO13. The second kappa shape index (κ2) is 288. The summed E-state index contributed by atoms with van der Waals surface area (Å²) < 4.78 is 0. The molecule has 15 heavy (non-hydrogen) atoms. The number of hydrogen-bond acceptors (Lipinski definition) is 3. The molecule has 0 bridgehead atoms. The first-order valence-corrected chi connectivity index (χ1v) is 0.548. The van der Waals surface area contributed by atoms with Crippen LogP contribution in [0.3, 0.4) is 0 Å². The largest absolute Gasteiger partial charge is 1.00 e. The van der Waals surface area contributed by atoms with Gasteiger partial charge >= 0.3 is 29.6 Å². The van der Waals surface area contributed by atoms with Crippen LogP contribution in [0.2, 0.25) is 0 Å². The van der Waals surface area contributed by atoms with Gasteiger partial charge < -0.3 is 70.1 Å². The molecule has 0 fully saturated rings. The van der Waals surface area contributed by atoms with Crippen molar-refractivity contribution in [2.75, 3.05) is 0 Å². The van der Waals surface area contributed by atoms with E-state index >= 15 is 0 Å². The first-order valence-electron chi connectivity index (χ1n) is 0.548. The predicted octanol–water partition coefficient (Wildman–Crippen LogP) is -11.5. The summed E-state index contributed by atoms with van der Waals surface area (Å²) in [6.07, 6.45) is 0. The molecule has 15 heteroatoms. The maximum Gasteiger partial charge on any atom is 1.00 e. The normalized spacial score (nSPS) is 1.60. The summed E-state index contributed by atoms with van der Waals surface area (Å²) in [6, 6.07) is 0. The van der Waals surface area contributed by atoms with Crippen molar-refractivity contribution in [2.24, 2.45) is 0 Å². The van der Waals surface area contributed by atoms with E-state index in [2.05, 4.69) is 0 Å². The van der Waals surface area contributed by atoms with Crippen LogP contribution in [0, 0.1) is 15.3 Å². The van der Waals surface area contributed by atoms with Crippen molar-refractivity contribution in [2.45, 2.75) is 0 Å². The van der Waals surface area contributed by atoms with E-state index < -0.39 is 5.09 Å². The van der Waals surface area contributed by atoms with Gasteiger partial charge in [0.25, 0.3) is 0 Å². The van der Waals surface area contributed by atoms with Crippen LogP contribution in [-0.4, -0.2) is 59.8 Å². The fourth-order valence-electron chi connectivity index (χ4n) is 0. The molecule has 0 saturated heterocycles. The van der Waals surface area contributed by atoms with Crippen molar-refractivity contribution in [3.8, 4) is 0 Å². The molecule has 0 atom stereocenters. The summed E-state index contributed by atoms with van der Waals surface area (Å²) in [5, 5.41) is 14.8. The van der Waals surface area contributed by atoms with Crippen molar-refractivity contribution in [1.82, 2.24) is 0 Å². The maximum absolute atomic E-state index is 8.25. The van der Waals surface area contributed by atoms with Crippen LogP contribution in [0.1, 0.15) is 0 Å². The Kier molecular flexibility index (Phi) is 6910. The minimum Gasteiger partial charge on any atom is -0.412 e. The monoisotopic (exact) mass is 265 g/mol. The van der Waals surface area contributed by atoms with Gasteiger partial charge in [0.2, 0.25) is 0 Å². The molecular weight excluding hydrogens is 245 g/mol. The molecule has 0 radical (unpaired) electrons. The molecule has 0 spiro atoms. The summed E-state index contributed by atoms with van der Waals surface area (Å²) in [5.41, 5.74) is 0. The third-order valence-corrected chi connectivity index (χ3v) is 0. The van der Waals surface area contributed by atoms with Crippen molar-refractivity contribution in [3.05, 3.63) is 15.3 Å². The molecule has 20 N–H and O–H groups in total. The van der Waals surface area contributed by atoms with Gasteiger partial charge in [0.1, 0.15) is 0 Å². The van der Waals surface area contributed by atoms with Gasteiger partial charge in [0.05, 0.1) is 5.09 Å². The van der Waals surface area contributed by atoms with Gasteiger partial charge in [-0.2, -0.15) is 0 Å². The first-order chi connectivity index (χ1) is 1.73. The quantitative estimate of drug-likeness (QED) is 0.233. The van der Waals surface area contributed by atoms with Crippen molar-refractivity contribution in [3.63, 3.8) is 0 Å². The van der Waals surface area contributed by atoms with Crippen LogP contribution >= 0.6 is 0 Å². The third-order valence-electron chi connectivity index (χ3n) is 0. The van der Waals surface area contributed by atoms with Crippen LogP contribution in [0.25, 0.3) is 0 Å². The number of hydrogen-bond donors (Lipinski definition) is 0. The molecule has 0 heterocycles. The van der Waals surface area contributed by atoms with E-state index in [0.717, 1.165) is 0 Å². The van der Waals surface area contributed by atoms with Crippen molar-refractivity contribution in [1.29, 1.82) is 0 Å². The summed E-state index contributed by atoms with van der Waals surface area (Å²) in [5.74, 6) is 0. The second-order valence-electron chi connectivity index (χ2n) is 0.224. The van der Waals surface area contributed by atoms with E-state index in [1.54, 1.807) is 0 Å². The minimum absolute atomic E-state index is 0. The van der Waals surface area contributed by atoms with E-state index in [0.29, 0.717) is 0 Å². The molecule has 0 aromatic heterocycles. The Hall–Kier alpha value is -0.200. The van der Waals surface area contributed by atoms with Gasteiger partial charge in [-0.15, -0.1) is 0 Å². The Balaban J connectivity index is -0.000000000818. The maximum atomic E-state index is 8.25. The molecule has 0 aromatic carbocycles. The average Bonchev–Trinajstić information content (AvgIpc) is 0.811. The van der Waals surface area contributed by atoms with Gasteiger partial charge in [-0.3, -0.25) is 0 Å². The van der Waals surface area contributed by atoms with E-state index in [1.807, 2.05) is 0 Å². The average molecular weight is 265 g/mol. The Morgan fingerprint density at radius 1 is 0.533 bits per heavy atom. The molecule has 0 aliphatic rings. The van der Waals surface area contributed by atoms with Crippen molar-refractivity contribution < 1.29 is 89.4 Å². The summed E-state index contributed by atoms with van der Waals surface area (Å²) in [4.78, 5) is 8.25. The number of rotatable bonds is 0. The van der Waals surface area contributed by atoms with Gasteiger partial charge in [-0.05, 0) is 0 Å². The molecule has 14 nitrogen and oxygen atoms in total. The Bertz CT molecular complexity index is 33.5. The van der Waals surface area contributed by atoms with Gasteiger partial charge in [-0.25, -0.2) is 0 Å². The van der Waals surface area contributed by atoms with E-state index in [4.69, 9.17) is 15.3 Å². The standard InChI is InChI=1S/NO3.Na.10H2O/c2-1(3)4;;;;;;;;;;;/h;;10*1H2/q-1;+1;;;;;;;;;;. The Morgan fingerprint density at radius 3 is 0.533 bits per heavy atom. The molecule has 0 aliphatic heterocycles. The van der Waals surface area contributed by atoms with Crippen LogP contribution in [0.15, 0.2) is 0 Å². The molecule has 0 aliphatic carbocycles. The summed E-state index contributed by atoms with van der Waals surface area (Å²) in [7, 11) is 0. The molecule has 0 rings (SSSR count). The SMILES string of the molecule is O.O.O.O.O.O.O.O.O.O.O=[N+]([O-])[O-].[Na+]. The topological polar surface area (TPSA) is 381 Å². The van der Waals surface area contributed by atoms with E-state index in [9.17, 15) is 0 Å². The van der Waals surface area contributed by atoms with Gasteiger partial charge in [-0.1, -0.05) is 0 Å². The van der Waals surface area contributed by atoms with E-state index in [1.165, 1.54) is 0 Å². The third kappa shape index (κ3) is 48000. The van der Waals surface area contributed by atoms with Gasteiger partial charge in [0.15, 0.2) is 0 Å². The molecule has 0 amide bonds. The fraction of sp³-hybridized carbons (Fsp3) is 0. The predicted molar refractivity (Wildman–Crippen MR) is 46.5 cm³/mol. The van der Waals surface area contributed by atoms with Crippen LogP contribution < -0.4 is 29.6 Å². The Morgan fingerprint density at radius 2 is 0.533 bits per heavy atom. The molecule has 0 unspecified atom stereocenters. The first kappa shape index (κ1) is 360. The van der Waals surface area contributed by atoms with Crippen LogP contribution in [-0.2, 0) is 0 Å². The number of nitrogens with zero attached hydrogens (tertiary/aromatic N) is 1. The molecule has 0 saturated carbocycles. The molecule has 104 valence electrons.